The first-order chi connectivity index (χ1) is 12.6. The number of para-hydroxylation sites is 1. The van der Waals surface area contributed by atoms with Crippen LogP contribution in [0.2, 0.25) is 0 Å². The molecule has 0 aliphatic heterocycles. The molecule has 0 fully saturated rings. The summed E-state index contributed by atoms with van der Waals surface area (Å²) in [5, 5.41) is 6.40. The van der Waals surface area contributed by atoms with E-state index in [2.05, 4.69) is 15.6 Å². The Kier molecular flexibility index (Phi) is 5.08. The van der Waals surface area contributed by atoms with Crippen molar-refractivity contribution in [1.82, 2.24) is 10.3 Å². The van der Waals surface area contributed by atoms with E-state index < -0.39 is 0 Å². The number of hydrogen-bond donors (Lipinski definition) is 2. The predicted molar refractivity (Wildman–Crippen MR) is 104 cm³/mol. The first-order valence-corrected chi connectivity index (χ1v) is 8.24. The Balaban J connectivity index is 1.81. The van der Waals surface area contributed by atoms with Crippen LogP contribution in [-0.2, 0) is 4.79 Å². The highest BCUT2D eigenvalue weighted by molar-refractivity contribution is 6.05. The minimum atomic E-state index is -0.261. The third-order valence-electron chi connectivity index (χ3n) is 4.16. The molecule has 1 heterocycles. The summed E-state index contributed by atoms with van der Waals surface area (Å²) in [4.78, 5) is 28.5. The predicted octanol–water partition coefficient (Wildman–Crippen LogP) is 3.55. The molecule has 0 aliphatic rings. The van der Waals surface area contributed by atoms with Gasteiger partial charge in [-0.1, -0.05) is 24.3 Å². The molecule has 26 heavy (non-hydrogen) atoms. The van der Waals surface area contributed by atoms with Crippen LogP contribution < -0.4 is 10.6 Å². The quantitative estimate of drug-likeness (QED) is 0.710. The molecule has 0 spiro atoms. The van der Waals surface area contributed by atoms with E-state index in [1.54, 1.807) is 44.4 Å². The second-order valence-corrected chi connectivity index (χ2v) is 5.80. The van der Waals surface area contributed by atoms with Crippen molar-refractivity contribution in [3.05, 3.63) is 77.5 Å². The van der Waals surface area contributed by atoms with Gasteiger partial charge in [0.05, 0.1) is 5.52 Å². The van der Waals surface area contributed by atoms with Gasteiger partial charge in [-0.05, 0) is 48.4 Å². The number of aromatic nitrogens is 1. The van der Waals surface area contributed by atoms with Gasteiger partial charge in [-0.2, -0.15) is 0 Å². The molecule has 2 amide bonds. The highest BCUT2D eigenvalue weighted by Crippen LogP contribution is 2.20. The number of hydrogen-bond acceptors (Lipinski definition) is 3. The van der Waals surface area contributed by atoms with Gasteiger partial charge in [-0.3, -0.25) is 14.6 Å². The van der Waals surface area contributed by atoms with Gasteiger partial charge in [0.25, 0.3) is 5.91 Å². The topological polar surface area (TPSA) is 71.1 Å². The lowest BCUT2D eigenvalue weighted by Crippen LogP contribution is -2.20. The van der Waals surface area contributed by atoms with Gasteiger partial charge in [0.1, 0.15) is 0 Å². The van der Waals surface area contributed by atoms with Gasteiger partial charge < -0.3 is 10.6 Å². The van der Waals surface area contributed by atoms with Crippen LogP contribution in [-0.4, -0.2) is 23.8 Å². The van der Waals surface area contributed by atoms with E-state index in [9.17, 15) is 9.59 Å². The first-order valence-electron chi connectivity index (χ1n) is 8.24. The van der Waals surface area contributed by atoms with Crippen LogP contribution >= 0.6 is 0 Å². The normalized spacial score (nSPS) is 10.8. The largest absolute Gasteiger partial charge is 0.355 e. The Bertz CT molecular complexity index is 1000. The minimum absolute atomic E-state index is 0.183. The second kappa shape index (κ2) is 7.61. The van der Waals surface area contributed by atoms with Gasteiger partial charge in [0, 0.05) is 36.0 Å². The monoisotopic (exact) mass is 345 g/mol. The molecule has 0 aliphatic carbocycles. The number of amides is 2. The smallest absolute Gasteiger partial charge is 0.251 e. The fourth-order valence-electron chi connectivity index (χ4n) is 2.75. The molecule has 1 aromatic heterocycles. The summed E-state index contributed by atoms with van der Waals surface area (Å²) in [5.41, 5.74) is 3.67. The molecule has 0 atom stereocenters. The van der Waals surface area contributed by atoms with Crippen LogP contribution in [0.3, 0.4) is 0 Å². The number of carbonyl (C=O) groups excluding carboxylic acids is 2. The number of fused-ring (bicyclic) bond motifs is 1. The number of nitrogens with one attached hydrogen (secondary N) is 2. The molecule has 3 aromatic rings. The summed E-state index contributed by atoms with van der Waals surface area (Å²) in [6.07, 6.45) is 4.96. The molecule has 130 valence electrons. The zero-order chi connectivity index (χ0) is 18.5. The number of rotatable bonds is 4. The van der Waals surface area contributed by atoms with Gasteiger partial charge in [-0.15, -0.1) is 0 Å². The summed E-state index contributed by atoms with van der Waals surface area (Å²) >= 11 is 0. The maximum atomic E-state index is 12.3. The van der Waals surface area contributed by atoms with E-state index >= 15 is 0 Å². The SMILES string of the molecule is CNC(=O)c1cccc(NC(=O)/C=C/c2ccnc3ccccc23)c1C. The fraction of sp³-hybridized carbons (Fsp3) is 0.0952. The van der Waals surface area contributed by atoms with Crippen molar-refractivity contribution in [2.45, 2.75) is 6.92 Å². The van der Waals surface area contributed by atoms with E-state index in [0.717, 1.165) is 22.0 Å². The van der Waals surface area contributed by atoms with Crippen molar-refractivity contribution in [2.75, 3.05) is 12.4 Å². The van der Waals surface area contributed by atoms with Crippen molar-refractivity contribution in [3.63, 3.8) is 0 Å². The standard InChI is InChI=1S/C21H19N3O2/c1-14-16(21(26)22-2)7-5-9-18(14)24-20(25)11-10-15-12-13-23-19-8-4-3-6-17(15)19/h3-13H,1-2H3,(H,22,26)(H,24,25)/b11-10+. The van der Waals surface area contributed by atoms with Crippen molar-refractivity contribution >= 4 is 34.5 Å². The summed E-state index contributed by atoms with van der Waals surface area (Å²) in [5.74, 6) is -0.444. The molecule has 3 rings (SSSR count). The van der Waals surface area contributed by atoms with Crippen LogP contribution in [0.4, 0.5) is 5.69 Å². The lowest BCUT2D eigenvalue weighted by Gasteiger charge is -2.10. The van der Waals surface area contributed by atoms with Gasteiger partial charge in [-0.25, -0.2) is 0 Å². The first kappa shape index (κ1) is 17.4. The van der Waals surface area contributed by atoms with Gasteiger partial charge in [0.15, 0.2) is 0 Å². The maximum absolute atomic E-state index is 12.3. The van der Waals surface area contributed by atoms with E-state index in [4.69, 9.17) is 0 Å². The van der Waals surface area contributed by atoms with Crippen LogP contribution in [0.15, 0.2) is 60.8 Å². The third kappa shape index (κ3) is 3.62. The van der Waals surface area contributed by atoms with E-state index in [-0.39, 0.29) is 11.8 Å². The molecule has 0 saturated heterocycles. The minimum Gasteiger partial charge on any atom is -0.355 e. The molecule has 0 bridgehead atoms. The molecular weight excluding hydrogens is 326 g/mol. The Labute approximate surface area is 151 Å². The highest BCUT2D eigenvalue weighted by Gasteiger charge is 2.11. The number of carbonyl (C=O) groups is 2. The Hall–Kier alpha value is -3.47. The Morgan fingerprint density at radius 2 is 1.85 bits per heavy atom. The van der Waals surface area contributed by atoms with Crippen molar-refractivity contribution in [2.24, 2.45) is 0 Å². The Morgan fingerprint density at radius 1 is 1.04 bits per heavy atom. The van der Waals surface area contributed by atoms with Gasteiger partial charge in [0.2, 0.25) is 5.91 Å². The lowest BCUT2D eigenvalue weighted by molar-refractivity contribution is -0.111. The van der Waals surface area contributed by atoms with Crippen LogP contribution in [0.25, 0.3) is 17.0 Å². The number of pyridine rings is 1. The zero-order valence-corrected chi connectivity index (χ0v) is 14.6. The van der Waals surface area contributed by atoms with Crippen LogP contribution in [0.5, 0.6) is 0 Å². The molecule has 2 aromatic carbocycles. The third-order valence-corrected chi connectivity index (χ3v) is 4.16. The molecule has 5 heteroatoms. The van der Waals surface area contributed by atoms with E-state index in [1.807, 2.05) is 30.3 Å². The van der Waals surface area contributed by atoms with E-state index in [1.165, 1.54) is 6.08 Å². The molecule has 0 radical (unpaired) electrons. The van der Waals surface area contributed by atoms with Gasteiger partial charge >= 0.3 is 0 Å². The van der Waals surface area contributed by atoms with Crippen LogP contribution in [0.1, 0.15) is 21.5 Å². The summed E-state index contributed by atoms with van der Waals surface area (Å²) < 4.78 is 0. The lowest BCUT2D eigenvalue weighted by atomic mass is 10.1. The highest BCUT2D eigenvalue weighted by atomic mass is 16.2. The summed E-state index contributed by atoms with van der Waals surface area (Å²) in [6, 6.07) is 14.9. The van der Waals surface area contributed by atoms with Crippen molar-refractivity contribution in [1.29, 1.82) is 0 Å². The number of nitrogens with zero attached hydrogens (tertiary/aromatic N) is 1. The molecule has 2 N–H and O–H groups in total. The average Bonchev–Trinajstić information content (AvgIpc) is 2.67. The Morgan fingerprint density at radius 3 is 2.65 bits per heavy atom. The molecule has 0 unspecified atom stereocenters. The molecule has 0 saturated carbocycles. The average molecular weight is 345 g/mol. The zero-order valence-electron chi connectivity index (χ0n) is 14.6. The molecule has 5 nitrogen and oxygen atoms in total. The van der Waals surface area contributed by atoms with Crippen LogP contribution in [0, 0.1) is 6.92 Å². The van der Waals surface area contributed by atoms with E-state index in [0.29, 0.717) is 11.3 Å². The maximum Gasteiger partial charge on any atom is 0.251 e. The number of benzene rings is 2. The summed E-state index contributed by atoms with van der Waals surface area (Å²) in [7, 11) is 1.58. The fourth-order valence-corrected chi connectivity index (χ4v) is 2.75. The second-order valence-electron chi connectivity index (χ2n) is 5.80. The van der Waals surface area contributed by atoms with Crippen molar-refractivity contribution < 1.29 is 9.59 Å². The molecular formula is C21H19N3O2. The number of anilines is 1. The summed E-state index contributed by atoms with van der Waals surface area (Å²) in [6.45, 7) is 1.81. The van der Waals surface area contributed by atoms with Crippen molar-refractivity contribution in [3.8, 4) is 0 Å².